The van der Waals surface area contributed by atoms with Gasteiger partial charge >= 0.3 is 0 Å². The molecule has 1 N–H and O–H groups in total. The zero-order chi connectivity index (χ0) is 23.0. The number of carbonyl (C=O) groups is 1. The molecule has 0 aliphatic heterocycles. The van der Waals surface area contributed by atoms with Crippen molar-refractivity contribution < 1.29 is 9.90 Å². The highest BCUT2D eigenvalue weighted by atomic mass is 16.3. The van der Waals surface area contributed by atoms with Crippen LogP contribution >= 0.6 is 0 Å². The fraction of sp³-hybridized carbons (Fsp3) is 0.750. The molecule has 8 atom stereocenters. The number of hydrogen-bond acceptors (Lipinski definition) is 4. The first kappa shape index (κ1) is 21.8. The molecule has 0 amide bonds. The van der Waals surface area contributed by atoms with Gasteiger partial charge in [-0.3, -0.25) is 4.79 Å². The van der Waals surface area contributed by atoms with Crippen LogP contribution in [0.4, 0.5) is 0 Å². The molecule has 4 fully saturated rings. The van der Waals surface area contributed by atoms with Crippen molar-refractivity contribution in [3.8, 4) is 0 Å². The highest BCUT2D eigenvalue weighted by Gasteiger charge is 2.61. The van der Waals surface area contributed by atoms with Gasteiger partial charge in [0.15, 0.2) is 5.78 Å². The SMILES string of the molecule is CC12CC[C@@](C)(O)CC1CCC1[C@@H]2CC[C@]2(C)C(C(=O)Cn3nc4ccccc4n3)CC[C@@H]12. The minimum atomic E-state index is -0.476. The van der Waals surface area contributed by atoms with Crippen LogP contribution in [0, 0.1) is 40.4 Å². The summed E-state index contributed by atoms with van der Waals surface area (Å²) in [6.45, 7) is 7.31. The molecule has 4 aliphatic rings. The van der Waals surface area contributed by atoms with Crippen molar-refractivity contribution in [1.82, 2.24) is 15.0 Å². The van der Waals surface area contributed by atoms with Crippen LogP contribution < -0.4 is 0 Å². The third kappa shape index (κ3) is 3.32. The molecule has 0 saturated heterocycles. The maximum atomic E-state index is 13.5. The highest BCUT2D eigenvalue weighted by Crippen LogP contribution is 2.68. The first-order valence-electron chi connectivity index (χ1n) is 13.2. The van der Waals surface area contributed by atoms with E-state index in [1.54, 1.807) is 4.80 Å². The van der Waals surface area contributed by atoms with E-state index < -0.39 is 5.60 Å². The van der Waals surface area contributed by atoms with E-state index in [9.17, 15) is 9.90 Å². The van der Waals surface area contributed by atoms with Gasteiger partial charge in [0.1, 0.15) is 17.6 Å². The fourth-order valence-corrected chi connectivity index (χ4v) is 9.18. The topological polar surface area (TPSA) is 68.0 Å². The van der Waals surface area contributed by atoms with Crippen molar-refractivity contribution >= 4 is 16.8 Å². The molecule has 5 nitrogen and oxygen atoms in total. The van der Waals surface area contributed by atoms with E-state index in [-0.39, 0.29) is 11.3 Å². The van der Waals surface area contributed by atoms with Gasteiger partial charge in [0.25, 0.3) is 0 Å². The monoisotopic (exact) mass is 449 g/mol. The van der Waals surface area contributed by atoms with E-state index in [0.29, 0.717) is 29.6 Å². The Morgan fingerprint density at radius 1 is 0.939 bits per heavy atom. The number of benzene rings is 1. The third-order valence-corrected chi connectivity index (χ3v) is 11.0. The Bertz CT molecular complexity index is 1040. The zero-order valence-electron chi connectivity index (χ0n) is 20.5. The van der Waals surface area contributed by atoms with Crippen molar-refractivity contribution in [2.75, 3.05) is 0 Å². The molecule has 1 aromatic carbocycles. The summed E-state index contributed by atoms with van der Waals surface area (Å²) < 4.78 is 0. The molecule has 5 heteroatoms. The first-order chi connectivity index (χ1) is 15.7. The normalized spacial score (nSPS) is 44.8. The van der Waals surface area contributed by atoms with Gasteiger partial charge in [-0.2, -0.15) is 15.0 Å². The molecule has 33 heavy (non-hydrogen) atoms. The average Bonchev–Trinajstić information content (AvgIpc) is 3.34. The van der Waals surface area contributed by atoms with Gasteiger partial charge < -0.3 is 5.11 Å². The summed E-state index contributed by atoms with van der Waals surface area (Å²) >= 11 is 0. The van der Waals surface area contributed by atoms with Crippen LogP contribution in [-0.2, 0) is 11.3 Å². The number of carbonyl (C=O) groups excluding carboxylic acids is 1. The Balaban J connectivity index is 1.21. The van der Waals surface area contributed by atoms with Gasteiger partial charge in [-0.15, -0.1) is 0 Å². The summed E-state index contributed by atoms with van der Waals surface area (Å²) in [4.78, 5) is 15.2. The summed E-state index contributed by atoms with van der Waals surface area (Å²) in [7, 11) is 0. The van der Waals surface area contributed by atoms with E-state index in [1.807, 2.05) is 31.2 Å². The molecule has 178 valence electrons. The molecule has 1 heterocycles. The third-order valence-electron chi connectivity index (χ3n) is 11.0. The number of fused-ring (bicyclic) bond motifs is 6. The summed E-state index contributed by atoms with van der Waals surface area (Å²) in [6.07, 6.45) is 10.3. The van der Waals surface area contributed by atoms with Crippen molar-refractivity contribution in [3.63, 3.8) is 0 Å². The number of aromatic nitrogens is 3. The van der Waals surface area contributed by atoms with Crippen LogP contribution in [0.1, 0.15) is 78.6 Å². The smallest absolute Gasteiger partial charge is 0.159 e. The number of Topliss-reactive ketones (excluding diaryl/α,β-unsaturated/α-hetero) is 1. The van der Waals surface area contributed by atoms with E-state index >= 15 is 0 Å². The number of nitrogens with zero attached hydrogens (tertiary/aromatic N) is 3. The number of rotatable bonds is 3. The second-order valence-electron chi connectivity index (χ2n) is 12.7. The quantitative estimate of drug-likeness (QED) is 0.680. The van der Waals surface area contributed by atoms with Crippen LogP contribution in [0.15, 0.2) is 24.3 Å². The Morgan fingerprint density at radius 3 is 2.36 bits per heavy atom. The van der Waals surface area contributed by atoms with E-state index in [0.717, 1.165) is 48.6 Å². The van der Waals surface area contributed by atoms with Gasteiger partial charge in [-0.05, 0) is 111 Å². The van der Waals surface area contributed by atoms with Gasteiger partial charge in [0.05, 0.1) is 5.60 Å². The van der Waals surface area contributed by atoms with Crippen molar-refractivity contribution in [3.05, 3.63) is 24.3 Å². The second-order valence-corrected chi connectivity index (χ2v) is 12.7. The number of hydrogen-bond donors (Lipinski definition) is 1. The number of ketones is 1. The molecule has 0 radical (unpaired) electrons. The van der Waals surface area contributed by atoms with Crippen LogP contribution in [0.2, 0.25) is 0 Å². The molecule has 1 aromatic heterocycles. The lowest BCUT2D eigenvalue weighted by molar-refractivity contribution is -0.151. The zero-order valence-corrected chi connectivity index (χ0v) is 20.5. The van der Waals surface area contributed by atoms with Gasteiger partial charge in [0, 0.05) is 5.92 Å². The first-order valence-corrected chi connectivity index (χ1v) is 13.2. The summed E-state index contributed by atoms with van der Waals surface area (Å²) in [5.74, 6) is 3.29. The van der Waals surface area contributed by atoms with Crippen LogP contribution in [0.25, 0.3) is 11.0 Å². The fourth-order valence-electron chi connectivity index (χ4n) is 9.18. The summed E-state index contributed by atoms with van der Waals surface area (Å²) in [5, 5.41) is 19.8. The lowest BCUT2D eigenvalue weighted by Crippen LogP contribution is -2.55. The highest BCUT2D eigenvalue weighted by molar-refractivity contribution is 5.82. The lowest BCUT2D eigenvalue weighted by atomic mass is 9.44. The largest absolute Gasteiger partial charge is 0.390 e. The summed E-state index contributed by atoms with van der Waals surface area (Å²) in [6, 6.07) is 7.84. The predicted octanol–water partition coefficient (Wildman–Crippen LogP) is 5.41. The van der Waals surface area contributed by atoms with Crippen LogP contribution in [0.5, 0.6) is 0 Å². The summed E-state index contributed by atoms with van der Waals surface area (Å²) in [5.41, 5.74) is 1.73. The molecule has 2 aromatic rings. The van der Waals surface area contributed by atoms with Gasteiger partial charge in [0.2, 0.25) is 0 Å². The Morgan fingerprint density at radius 2 is 1.64 bits per heavy atom. The van der Waals surface area contributed by atoms with Crippen molar-refractivity contribution in [2.45, 2.75) is 90.7 Å². The van der Waals surface area contributed by atoms with Crippen molar-refractivity contribution in [2.24, 2.45) is 40.4 Å². The molecule has 0 bridgehead atoms. The lowest BCUT2D eigenvalue weighted by Gasteiger charge is -2.61. The maximum absolute atomic E-state index is 13.5. The Hall–Kier alpha value is -1.75. The molecule has 0 spiro atoms. The van der Waals surface area contributed by atoms with Crippen LogP contribution in [-0.4, -0.2) is 31.5 Å². The molecule has 4 saturated carbocycles. The predicted molar refractivity (Wildman–Crippen MR) is 128 cm³/mol. The standard InChI is InChI=1S/C28H39N3O2/c1-26(33)14-15-27(2)18(16-26)8-9-19-20-10-11-22(28(20,3)13-12-21(19)27)25(32)17-31-29-23-6-4-5-7-24(23)30-31/h4-7,18-22,33H,8-17H2,1-3H3/t18?,19?,20-,21-,22?,26+,27?,28-/m0/s1. The molecular formula is C28H39N3O2. The Labute approximate surface area is 197 Å². The minimum Gasteiger partial charge on any atom is -0.390 e. The molecule has 4 unspecified atom stereocenters. The van der Waals surface area contributed by atoms with Gasteiger partial charge in [-0.25, -0.2) is 0 Å². The van der Waals surface area contributed by atoms with Gasteiger partial charge in [-0.1, -0.05) is 26.0 Å². The Kier molecular flexibility index (Phi) is 4.86. The van der Waals surface area contributed by atoms with Crippen molar-refractivity contribution in [1.29, 1.82) is 0 Å². The average molecular weight is 450 g/mol. The van der Waals surface area contributed by atoms with E-state index in [2.05, 4.69) is 24.0 Å². The minimum absolute atomic E-state index is 0.119. The molecule has 6 rings (SSSR count). The molecular weight excluding hydrogens is 410 g/mol. The molecule has 4 aliphatic carbocycles. The van der Waals surface area contributed by atoms with Crippen LogP contribution in [0.3, 0.4) is 0 Å². The van der Waals surface area contributed by atoms with E-state index in [4.69, 9.17) is 0 Å². The second kappa shape index (κ2) is 7.37. The van der Waals surface area contributed by atoms with E-state index in [1.165, 1.54) is 32.1 Å². The number of aliphatic hydroxyl groups is 1. The maximum Gasteiger partial charge on any atom is 0.159 e.